The number of halogens is 1. The van der Waals surface area contributed by atoms with Gasteiger partial charge in [-0.1, -0.05) is 17.7 Å². The van der Waals surface area contributed by atoms with Gasteiger partial charge in [0.2, 0.25) is 0 Å². The van der Waals surface area contributed by atoms with E-state index in [0.717, 1.165) is 17.6 Å². The molecule has 0 saturated heterocycles. The molecule has 0 amide bonds. The molecule has 0 fully saturated rings. The molecule has 80 valence electrons. The van der Waals surface area contributed by atoms with Gasteiger partial charge < -0.3 is 9.67 Å². The molecule has 0 spiro atoms. The summed E-state index contributed by atoms with van der Waals surface area (Å²) in [5, 5.41) is 10.3. The van der Waals surface area contributed by atoms with Crippen molar-refractivity contribution in [3.8, 4) is 0 Å². The number of benzene rings is 1. The minimum Gasteiger partial charge on any atom is -0.385 e. The molecule has 1 atom stereocenters. The Hall–Kier alpha value is -1.06. The zero-order valence-corrected chi connectivity index (χ0v) is 9.49. The zero-order valence-electron chi connectivity index (χ0n) is 8.74. The number of hydrogen-bond donors (Lipinski definition) is 1. The predicted molar refractivity (Wildman–Crippen MR) is 61.1 cm³/mol. The summed E-state index contributed by atoms with van der Waals surface area (Å²) in [5.74, 6) is 0.667. The molecule has 2 rings (SSSR count). The van der Waals surface area contributed by atoms with E-state index in [4.69, 9.17) is 11.6 Å². The van der Waals surface area contributed by atoms with Crippen LogP contribution in [0.15, 0.2) is 18.2 Å². The molecule has 0 aliphatic rings. The van der Waals surface area contributed by atoms with Crippen LogP contribution < -0.4 is 0 Å². The third-order valence-corrected chi connectivity index (χ3v) is 2.74. The smallest absolute Gasteiger partial charge is 0.138 e. The Labute approximate surface area is 93.3 Å². The van der Waals surface area contributed by atoms with Gasteiger partial charge in [-0.05, 0) is 26.0 Å². The molecule has 1 aromatic heterocycles. The zero-order chi connectivity index (χ0) is 11.0. The van der Waals surface area contributed by atoms with Crippen LogP contribution in [0.4, 0.5) is 0 Å². The van der Waals surface area contributed by atoms with Crippen LogP contribution in [0.5, 0.6) is 0 Å². The minimum atomic E-state index is -0.576. The van der Waals surface area contributed by atoms with Gasteiger partial charge in [0.05, 0.1) is 16.1 Å². The van der Waals surface area contributed by atoms with Crippen molar-refractivity contribution in [1.29, 1.82) is 0 Å². The second-order valence-electron chi connectivity index (χ2n) is 3.50. The summed E-state index contributed by atoms with van der Waals surface area (Å²) < 4.78 is 1.95. The maximum Gasteiger partial charge on any atom is 0.138 e. The van der Waals surface area contributed by atoms with E-state index in [-0.39, 0.29) is 0 Å². The van der Waals surface area contributed by atoms with E-state index >= 15 is 0 Å². The molecular weight excluding hydrogens is 212 g/mol. The third-order valence-electron chi connectivity index (χ3n) is 2.44. The summed E-state index contributed by atoms with van der Waals surface area (Å²) in [6.45, 7) is 4.47. The second-order valence-corrected chi connectivity index (χ2v) is 3.91. The van der Waals surface area contributed by atoms with Crippen molar-refractivity contribution < 1.29 is 5.11 Å². The van der Waals surface area contributed by atoms with E-state index in [2.05, 4.69) is 4.98 Å². The number of nitrogens with zero attached hydrogens (tertiary/aromatic N) is 2. The lowest BCUT2D eigenvalue weighted by Crippen LogP contribution is -2.05. The second kappa shape index (κ2) is 3.83. The first-order valence-corrected chi connectivity index (χ1v) is 5.35. The largest absolute Gasteiger partial charge is 0.385 e. The van der Waals surface area contributed by atoms with Crippen molar-refractivity contribution in [1.82, 2.24) is 9.55 Å². The Morgan fingerprint density at radius 2 is 2.27 bits per heavy atom. The molecule has 0 bridgehead atoms. The quantitative estimate of drug-likeness (QED) is 0.852. The van der Waals surface area contributed by atoms with Gasteiger partial charge in [0.1, 0.15) is 11.9 Å². The molecule has 0 radical (unpaired) electrons. The van der Waals surface area contributed by atoms with Gasteiger partial charge in [0, 0.05) is 6.54 Å². The number of para-hydroxylation sites is 1. The monoisotopic (exact) mass is 224 g/mol. The molecule has 4 heteroatoms. The lowest BCUT2D eigenvalue weighted by molar-refractivity contribution is 0.185. The molecule has 0 aliphatic heterocycles. The highest BCUT2D eigenvalue weighted by atomic mass is 35.5. The summed E-state index contributed by atoms with van der Waals surface area (Å²) in [6.07, 6.45) is -0.576. The number of aromatic nitrogens is 2. The normalized spacial score (nSPS) is 13.3. The van der Waals surface area contributed by atoms with Crippen LogP contribution in [0.1, 0.15) is 25.8 Å². The highest BCUT2D eigenvalue weighted by molar-refractivity contribution is 6.35. The highest BCUT2D eigenvalue weighted by Gasteiger charge is 2.15. The fraction of sp³-hybridized carbons (Fsp3) is 0.364. The van der Waals surface area contributed by atoms with Crippen LogP contribution in [0, 0.1) is 0 Å². The Balaban J connectivity index is 2.80. The van der Waals surface area contributed by atoms with Crippen molar-refractivity contribution in [2.75, 3.05) is 0 Å². The van der Waals surface area contributed by atoms with Gasteiger partial charge in [0.25, 0.3) is 0 Å². The first-order valence-electron chi connectivity index (χ1n) is 4.97. The third kappa shape index (κ3) is 1.62. The summed E-state index contributed by atoms with van der Waals surface area (Å²) in [5.41, 5.74) is 1.73. The van der Waals surface area contributed by atoms with E-state index in [1.807, 2.05) is 29.7 Å². The van der Waals surface area contributed by atoms with Gasteiger partial charge >= 0.3 is 0 Å². The van der Waals surface area contributed by atoms with Crippen molar-refractivity contribution >= 4 is 22.6 Å². The van der Waals surface area contributed by atoms with Gasteiger partial charge in [-0.2, -0.15) is 0 Å². The molecule has 1 heterocycles. The minimum absolute atomic E-state index is 0.576. The number of rotatable bonds is 2. The fourth-order valence-corrected chi connectivity index (χ4v) is 2.07. The molecule has 1 aromatic carbocycles. The Morgan fingerprint density at radius 3 is 2.87 bits per heavy atom. The number of aliphatic hydroxyl groups excluding tert-OH is 1. The van der Waals surface area contributed by atoms with E-state index in [1.165, 1.54) is 0 Å². The SMILES string of the molecule is CCn1c([C@@H](C)O)nc2cccc(Cl)c21. The first kappa shape index (κ1) is 10.5. The van der Waals surface area contributed by atoms with Crippen molar-refractivity contribution in [2.45, 2.75) is 26.5 Å². The molecule has 1 N–H and O–H groups in total. The van der Waals surface area contributed by atoms with Crippen molar-refractivity contribution in [3.63, 3.8) is 0 Å². The first-order chi connectivity index (χ1) is 7.15. The average molecular weight is 225 g/mol. The highest BCUT2D eigenvalue weighted by Crippen LogP contribution is 2.26. The van der Waals surface area contributed by atoms with Crippen LogP contribution in [0.2, 0.25) is 5.02 Å². The lowest BCUT2D eigenvalue weighted by Gasteiger charge is -2.08. The number of fused-ring (bicyclic) bond motifs is 1. The van der Waals surface area contributed by atoms with Crippen LogP contribution in [-0.2, 0) is 6.54 Å². The summed E-state index contributed by atoms with van der Waals surface area (Å²) >= 11 is 6.12. The van der Waals surface area contributed by atoms with Crippen LogP contribution in [0.25, 0.3) is 11.0 Å². The molecule has 15 heavy (non-hydrogen) atoms. The van der Waals surface area contributed by atoms with Crippen LogP contribution in [-0.4, -0.2) is 14.7 Å². The molecule has 0 unspecified atom stereocenters. The summed E-state index contributed by atoms with van der Waals surface area (Å²) in [4.78, 5) is 4.37. The predicted octanol–water partition coefficient (Wildman–Crippen LogP) is 2.76. The van der Waals surface area contributed by atoms with Gasteiger partial charge in [-0.3, -0.25) is 0 Å². The maximum atomic E-state index is 9.60. The van der Waals surface area contributed by atoms with E-state index in [1.54, 1.807) is 6.92 Å². The Kier molecular flexibility index (Phi) is 2.67. The molecule has 0 saturated carbocycles. The van der Waals surface area contributed by atoms with Crippen molar-refractivity contribution in [2.24, 2.45) is 0 Å². The van der Waals surface area contributed by atoms with Crippen LogP contribution >= 0.6 is 11.6 Å². The number of aliphatic hydroxyl groups is 1. The van der Waals surface area contributed by atoms with Crippen molar-refractivity contribution in [3.05, 3.63) is 29.0 Å². The Morgan fingerprint density at radius 1 is 1.53 bits per heavy atom. The van der Waals surface area contributed by atoms with E-state index in [0.29, 0.717) is 10.8 Å². The average Bonchev–Trinajstić information content (AvgIpc) is 2.57. The fourth-order valence-electron chi connectivity index (χ4n) is 1.80. The Bertz CT molecular complexity index is 491. The molecule has 3 nitrogen and oxygen atoms in total. The number of hydrogen-bond acceptors (Lipinski definition) is 2. The molecule has 2 aromatic rings. The van der Waals surface area contributed by atoms with Gasteiger partial charge in [-0.25, -0.2) is 4.98 Å². The topological polar surface area (TPSA) is 38.0 Å². The van der Waals surface area contributed by atoms with E-state index < -0.39 is 6.10 Å². The maximum absolute atomic E-state index is 9.60. The standard InChI is InChI=1S/C11H13ClN2O/c1-3-14-10-8(12)5-4-6-9(10)13-11(14)7(2)15/h4-7,15H,3H2,1-2H3/t7-/m1/s1. The number of aryl methyl sites for hydroxylation is 1. The van der Waals surface area contributed by atoms with Gasteiger partial charge in [0.15, 0.2) is 0 Å². The molecule has 0 aliphatic carbocycles. The van der Waals surface area contributed by atoms with Gasteiger partial charge in [-0.15, -0.1) is 0 Å². The summed E-state index contributed by atoms with van der Waals surface area (Å²) in [6, 6.07) is 5.60. The number of imidazole rings is 1. The molecular formula is C11H13ClN2O. The summed E-state index contributed by atoms with van der Waals surface area (Å²) in [7, 11) is 0. The van der Waals surface area contributed by atoms with Crippen LogP contribution in [0.3, 0.4) is 0 Å². The van der Waals surface area contributed by atoms with E-state index in [9.17, 15) is 5.11 Å². The lowest BCUT2D eigenvalue weighted by atomic mass is 10.3.